The van der Waals surface area contributed by atoms with Crippen LogP contribution in [0.15, 0.2) is 53.4 Å². The molecule has 2 aromatic carbocycles. The fourth-order valence-electron chi connectivity index (χ4n) is 3.86. The van der Waals surface area contributed by atoms with Gasteiger partial charge in [0.15, 0.2) is 0 Å². The monoisotopic (exact) mass is 400 g/mol. The van der Waals surface area contributed by atoms with E-state index in [4.69, 9.17) is 4.74 Å². The molecule has 0 bridgehead atoms. The summed E-state index contributed by atoms with van der Waals surface area (Å²) in [4.78, 5) is 15.1. The number of carbonyl (C=O) groups excluding carboxylic acids is 1. The normalized spacial score (nSPS) is 19.5. The molecular weight excluding hydrogens is 376 g/mol. The first-order chi connectivity index (χ1) is 13.5. The van der Waals surface area contributed by atoms with Crippen molar-refractivity contribution in [2.45, 2.75) is 24.2 Å². The molecule has 0 aliphatic carbocycles. The molecule has 0 radical (unpaired) electrons. The van der Waals surface area contributed by atoms with Crippen LogP contribution in [0.2, 0.25) is 0 Å². The highest BCUT2D eigenvalue weighted by molar-refractivity contribution is 7.90. The topological polar surface area (TPSA) is 66.9 Å². The van der Waals surface area contributed by atoms with Crippen LogP contribution in [0.4, 0.5) is 5.69 Å². The Hall–Kier alpha value is -2.38. The van der Waals surface area contributed by atoms with Crippen LogP contribution in [0.1, 0.15) is 35.2 Å². The van der Waals surface area contributed by atoms with Crippen molar-refractivity contribution in [2.75, 3.05) is 37.7 Å². The molecule has 4 rings (SSSR count). The summed E-state index contributed by atoms with van der Waals surface area (Å²) in [5.41, 5.74) is 2.44. The highest BCUT2D eigenvalue weighted by Crippen LogP contribution is 2.33. The van der Waals surface area contributed by atoms with E-state index in [0.717, 1.165) is 48.3 Å². The van der Waals surface area contributed by atoms with Crippen LogP contribution >= 0.6 is 0 Å². The number of fused-ring (bicyclic) bond motifs is 1. The van der Waals surface area contributed by atoms with Gasteiger partial charge in [-0.05, 0) is 36.2 Å². The molecule has 1 fully saturated rings. The molecule has 0 N–H and O–H groups in total. The van der Waals surface area contributed by atoms with Crippen molar-refractivity contribution in [3.05, 3.63) is 59.7 Å². The van der Waals surface area contributed by atoms with Crippen LogP contribution in [0.25, 0.3) is 0 Å². The summed E-state index contributed by atoms with van der Waals surface area (Å²) in [6, 6.07) is 14.6. The van der Waals surface area contributed by atoms with Crippen LogP contribution in [0.3, 0.4) is 0 Å². The number of rotatable bonds is 5. The number of morpholine rings is 1. The molecule has 1 saturated heterocycles. The lowest BCUT2D eigenvalue weighted by molar-refractivity contribution is 0.0865. The first-order valence-electron chi connectivity index (χ1n) is 9.61. The maximum Gasteiger partial charge on any atom is 0.269 e. The Kier molecular flexibility index (Phi) is 5.12. The molecule has 1 amide bonds. The number of sulfonamides is 1. The van der Waals surface area contributed by atoms with E-state index >= 15 is 0 Å². The van der Waals surface area contributed by atoms with Gasteiger partial charge in [-0.2, -0.15) is 0 Å². The smallest absolute Gasteiger partial charge is 0.269 e. The summed E-state index contributed by atoms with van der Waals surface area (Å²) in [6.07, 6.45) is 0.743. The van der Waals surface area contributed by atoms with E-state index in [1.54, 1.807) is 18.2 Å². The lowest BCUT2D eigenvalue weighted by Gasteiger charge is -2.29. The number of anilines is 1. The Morgan fingerprint density at radius 2 is 1.71 bits per heavy atom. The minimum Gasteiger partial charge on any atom is -0.378 e. The van der Waals surface area contributed by atoms with Gasteiger partial charge in [0, 0.05) is 31.2 Å². The van der Waals surface area contributed by atoms with Crippen LogP contribution in [-0.2, 0) is 14.8 Å². The van der Waals surface area contributed by atoms with Gasteiger partial charge in [0.1, 0.15) is 4.90 Å². The van der Waals surface area contributed by atoms with Gasteiger partial charge in [-0.1, -0.05) is 31.2 Å². The second kappa shape index (κ2) is 7.56. The van der Waals surface area contributed by atoms with Crippen LogP contribution in [0.5, 0.6) is 0 Å². The number of amides is 1. The van der Waals surface area contributed by atoms with Gasteiger partial charge in [0.2, 0.25) is 0 Å². The lowest BCUT2D eigenvalue weighted by atomic mass is 9.96. The highest BCUT2D eigenvalue weighted by atomic mass is 32.2. The minimum absolute atomic E-state index is 0.0493. The molecule has 2 aliphatic rings. The fraction of sp³-hybridized carbons (Fsp3) is 0.381. The van der Waals surface area contributed by atoms with Gasteiger partial charge < -0.3 is 9.64 Å². The van der Waals surface area contributed by atoms with E-state index < -0.39 is 15.9 Å². The summed E-state index contributed by atoms with van der Waals surface area (Å²) in [5, 5.41) is 0. The summed E-state index contributed by atoms with van der Waals surface area (Å²) in [6.45, 7) is 5.37. The van der Waals surface area contributed by atoms with Crippen molar-refractivity contribution < 1.29 is 17.9 Å². The summed E-state index contributed by atoms with van der Waals surface area (Å²) < 4.78 is 32.1. The number of carbonyl (C=O) groups is 1. The minimum atomic E-state index is -3.77. The Morgan fingerprint density at radius 3 is 2.36 bits per heavy atom. The van der Waals surface area contributed by atoms with E-state index in [0.29, 0.717) is 0 Å². The Balaban J connectivity index is 1.54. The third-order valence-corrected chi connectivity index (χ3v) is 7.34. The Bertz CT molecular complexity index is 966. The average Bonchev–Trinajstić information content (AvgIpc) is 2.93. The Labute approximate surface area is 165 Å². The van der Waals surface area contributed by atoms with Gasteiger partial charge in [0.05, 0.1) is 18.8 Å². The molecule has 2 heterocycles. The first-order valence-corrected chi connectivity index (χ1v) is 11.0. The molecular formula is C21H24N2O4S. The number of hydrogen-bond acceptors (Lipinski definition) is 5. The molecule has 2 aromatic rings. The van der Waals surface area contributed by atoms with E-state index in [1.807, 2.05) is 19.1 Å². The first kappa shape index (κ1) is 19.0. The third kappa shape index (κ3) is 3.29. The fourth-order valence-corrected chi connectivity index (χ4v) is 5.47. The number of nitrogens with zero attached hydrogens (tertiary/aromatic N) is 2. The molecule has 0 aromatic heterocycles. The molecule has 1 unspecified atom stereocenters. The molecule has 2 aliphatic heterocycles. The quantitative estimate of drug-likeness (QED) is 0.772. The number of hydrogen-bond donors (Lipinski definition) is 0. The van der Waals surface area contributed by atoms with Gasteiger partial charge in [-0.3, -0.25) is 4.79 Å². The zero-order valence-corrected chi connectivity index (χ0v) is 16.7. The van der Waals surface area contributed by atoms with Crippen molar-refractivity contribution in [1.29, 1.82) is 0 Å². The van der Waals surface area contributed by atoms with Crippen LogP contribution in [0, 0.1) is 0 Å². The molecule has 148 valence electrons. The van der Waals surface area contributed by atoms with Crippen LogP contribution in [-0.4, -0.2) is 51.5 Å². The molecule has 7 heteroatoms. The van der Waals surface area contributed by atoms with Crippen molar-refractivity contribution in [2.24, 2.45) is 0 Å². The SMILES string of the molecule is CCC(CN1C(=O)c2ccccc2S1(=O)=O)c1ccc(N2CCOCC2)cc1. The second-order valence-corrected chi connectivity index (χ2v) is 8.96. The maximum absolute atomic E-state index is 12.8. The van der Waals surface area contributed by atoms with Gasteiger partial charge >= 0.3 is 0 Å². The van der Waals surface area contributed by atoms with E-state index in [9.17, 15) is 13.2 Å². The van der Waals surface area contributed by atoms with Crippen LogP contribution < -0.4 is 4.90 Å². The second-order valence-electron chi connectivity index (χ2n) is 7.13. The number of benzene rings is 2. The van der Waals surface area contributed by atoms with E-state index in [2.05, 4.69) is 17.0 Å². The summed E-state index contributed by atoms with van der Waals surface area (Å²) in [5.74, 6) is -0.481. The summed E-state index contributed by atoms with van der Waals surface area (Å²) >= 11 is 0. The molecule has 1 atom stereocenters. The van der Waals surface area contributed by atoms with Gasteiger partial charge in [0.25, 0.3) is 15.9 Å². The third-order valence-electron chi connectivity index (χ3n) is 5.53. The zero-order valence-electron chi connectivity index (χ0n) is 15.9. The largest absolute Gasteiger partial charge is 0.378 e. The maximum atomic E-state index is 12.8. The predicted molar refractivity (Wildman–Crippen MR) is 107 cm³/mol. The number of ether oxygens (including phenoxy) is 1. The molecule has 28 heavy (non-hydrogen) atoms. The predicted octanol–water partition coefficient (Wildman–Crippen LogP) is 2.86. The van der Waals surface area contributed by atoms with E-state index in [-0.39, 0.29) is 22.9 Å². The van der Waals surface area contributed by atoms with Crippen molar-refractivity contribution >= 4 is 21.6 Å². The van der Waals surface area contributed by atoms with Gasteiger partial charge in [-0.15, -0.1) is 0 Å². The van der Waals surface area contributed by atoms with Crippen molar-refractivity contribution in [3.63, 3.8) is 0 Å². The van der Waals surface area contributed by atoms with Crippen molar-refractivity contribution in [3.8, 4) is 0 Å². The molecule has 0 saturated carbocycles. The van der Waals surface area contributed by atoms with Gasteiger partial charge in [-0.25, -0.2) is 12.7 Å². The highest BCUT2D eigenvalue weighted by Gasteiger charge is 2.41. The molecule has 0 spiro atoms. The Morgan fingerprint density at radius 1 is 1.04 bits per heavy atom. The van der Waals surface area contributed by atoms with E-state index in [1.165, 1.54) is 6.07 Å². The lowest BCUT2D eigenvalue weighted by Crippen LogP contribution is -2.36. The molecule has 6 nitrogen and oxygen atoms in total. The summed E-state index contributed by atoms with van der Waals surface area (Å²) in [7, 11) is -3.77. The van der Waals surface area contributed by atoms with Crippen molar-refractivity contribution in [1.82, 2.24) is 4.31 Å². The zero-order chi connectivity index (χ0) is 19.7. The standard InChI is InChI=1S/C21H24N2O4S/c1-2-16(17-7-9-18(10-8-17)22-11-13-27-14-12-22)15-23-21(24)19-5-3-4-6-20(19)28(23,25)26/h3-10,16H,2,11-15H2,1H3. The average molecular weight is 401 g/mol.